The molecule has 17 heavy (non-hydrogen) atoms. The normalized spacial score (nSPS) is 20.4. The van der Waals surface area contributed by atoms with Gasteiger partial charge in [0.05, 0.1) is 13.2 Å². The van der Waals surface area contributed by atoms with E-state index in [0.717, 1.165) is 44.8 Å². The first-order valence-electron chi connectivity index (χ1n) is 6.11. The van der Waals surface area contributed by atoms with Gasteiger partial charge in [0.25, 0.3) is 0 Å². The van der Waals surface area contributed by atoms with Gasteiger partial charge in [0.2, 0.25) is 0 Å². The van der Waals surface area contributed by atoms with Crippen molar-refractivity contribution in [3.05, 3.63) is 35.6 Å². The van der Waals surface area contributed by atoms with Gasteiger partial charge in [-0.1, -0.05) is 18.2 Å². The van der Waals surface area contributed by atoms with Gasteiger partial charge in [-0.2, -0.15) is 0 Å². The Balaban J connectivity index is 1.64. The van der Waals surface area contributed by atoms with Crippen molar-refractivity contribution in [2.75, 3.05) is 32.8 Å². The molecular weight excluding hydrogens is 219 g/mol. The molecule has 1 heterocycles. The van der Waals surface area contributed by atoms with E-state index in [1.165, 1.54) is 6.07 Å². The molecule has 4 heteroatoms. The maximum atomic E-state index is 13.3. The molecule has 94 valence electrons. The summed E-state index contributed by atoms with van der Waals surface area (Å²) in [5, 5.41) is 6.69. The summed E-state index contributed by atoms with van der Waals surface area (Å²) in [6.07, 6.45) is 0.722. The van der Waals surface area contributed by atoms with Gasteiger partial charge in [0, 0.05) is 19.1 Å². The lowest BCUT2D eigenvalue weighted by molar-refractivity contribution is 0.0768. The van der Waals surface area contributed by atoms with Crippen molar-refractivity contribution in [2.24, 2.45) is 0 Å². The van der Waals surface area contributed by atoms with Gasteiger partial charge < -0.3 is 15.4 Å². The highest BCUT2D eigenvalue weighted by atomic mass is 19.1. The summed E-state index contributed by atoms with van der Waals surface area (Å²) in [6, 6.07) is 7.30. The summed E-state index contributed by atoms with van der Waals surface area (Å²) in [5.41, 5.74) is 0.771. The molecule has 0 saturated carbocycles. The van der Waals surface area contributed by atoms with Gasteiger partial charge in [0.15, 0.2) is 0 Å². The lowest BCUT2D eigenvalue weighted by Gasteiger charge is -2.24. The first kappa shape index (κ1) is 12.5. The predicted octanol–water partition coefficient (Wildman–Crippen LogP) is 0.946. The topological polar surface area (TPSA) is 33.3 Å². The van der Waals surface area contributed by atoms with Crippen LogP contribution in [0.5, 0.6) is 0 Å². The molecule has 0 spiro atoms. The van der Waals surface area contributed by atoms with Crippen LogP contribution < -0.4 is 10.6 Å². The van der Waals surface area contributed by atoms with Crippen molar-refractivity contribution < 1.29 is 9.13 Å². The van der Waals surface area contributed by atoms with E-state index in [9.17, 15) is 4.39 Å². The number of hydrogen-bond donors (Lipinski definition) is 2. The second-order valence-corrected chi connectivity index (χ2v) is 4.27. The minimum absolute atomic E-state index is 0.117. The van der Waals surface area contributed by atoms with Crippen molar-refractivity contribution in [1.82, 2.24) is 10.6 Å². The Morgan fingerprint density at radius 2 is 2.29 bits per heavy atom. The molecule has 0 bridgehead atoms. The number of ether oxygens (including phenoxy) is 1. The standard InChI is InChI=1S/C13H19FN2O/c14-13-4-2-1-3-11(13)5-6-15-9-12-10-17-8-7-16-12/h1-4,12,15-16H,5-10H2. The second kappa shape index (κ2) is 6.69. The molecule has 0 aliphatic carbocycles. The minimum atomic E-state index is -0.117. The van der Waals surface area contributed by atoms with Crippen LogP contribution in [0.15, 0.2) is 24.3 Å². The smallest absolute Gasteiger partial charge is 0.126 e. The molecule has 0 radical (unpaired) electrons. The number of nitrogens with one attached hydrogen (secondary N) is 2. The Hall–Kier alpha value is -0.970. The molecule has 1 aliphatic heterocycles. The van der Waals surface area contributed by atoms with Crippen LogP contribution in [0.3, 0.4) is 0 Å². The van der Waals surface area contributed by atoms with Crippen LogP contribution in [-0.2, 0) is 11.2 Å². The third-order valence-electron chi connectivity index (χ3n) is 2.92. The van der Waals surface area contributed by atoms with E-state index in [-0.39, 0.29) is 5.82 Å². The van der Waals surface area contributed by atoms with Crippen molar-refractivity contribution in [3.63, 3.8) is 0 Å². The molecule has 1 aromatic carbocycles. The first-order valence-corrected chi connectivity index (χ1v) is 6.11. The number of hydrogen-bond acceptors (Lipinski definition) is 3. The van der Waals surface area contributed by atoms with Gasteiger partial charge >= 0.3 is 0 Å². The van der Waals surface area contributed by atoms with Crippen LogP contribution in [0, 0.1) is 5.82 Å². The summed E-state index contributed by atoms with van der Waals surface area (Å²) >= 11 is 0. The molecule has 1 aliphatic rings. The lowest BCUT2D eigenvalue weighted by Crippen LogP contribution is -2.47. The van der Waals surface area contributed by atoms with Crippen LogP contribution in [-0.4, -0.2) is 38.9 Å². The van der Waals surface area contributed by atoms with Crippen LogP contribution in [0.4, 0.5) is 4.39 Å². The highest BCUT2D eigenvalue weighted by Crippen LogP contribution is 2.06. The summed E-state index contributed by atoms with van der Waals surface area (Å²) in [4.78, 5) is 0. The zero-order chi connectivity index (χ0) is 11.9. The highest BCUT2D eigenvalue weighted by Gasteiger charge is 2.11. The summed E-state index contributed by atoms with van der Waals surface area (Å²) < 4.78 is 18.7. The molecule has 0 aromatic heterocycles. The fourth-order valence-electron chi connectivity index (χ4n) is 1.95. The third-order valence-corrected chi connectivity index (χ3v) is 2.92. The molecule has 2 N–H and O–H groups in total. The predicted molar refractivity (Wildman–Crippen MR) is 65.6 cm³/mol. The third kappa shape index (κ3) is 4.07. The molecule has 1 fully saturated rings. The minimum Gasteiger partial charge on any atom is -0.378 e. The van der Waals surface area contributed by atoms with Gasteiger partial charge in [-0.05, 0) is 24.6 Å². The van der Waals surface area contributed by atoms with E-state index in [1.807, 2.05) is 12.1 Å². The van der Waals surface area contributed by atoms with Crippen LogP contribution in [0.1, 0.15) is 5.56 Å². The maximum absolute atomic E-state index is 13.3. The summed E-state index contributed by atoms with van der Waals surface area (Å²) in [6.45, 7) is 4.13. The zero-order valence-electron chi connectivity index (χ0n) is 9.92. The fraction of sp³-hybridized carbons (Fsp3) is 0.538. The second-order valence-electron chi connectivity index (χ2n) is 4.27. The Labute approximate surface area is 101 Å². The van der Waals surface area contributed by atoms with Gasteiger partial charge in [-0.15, -0.1) is 0 Å². The van der Waals surface area contributed by atoms with Crippen molar-refractivity contribution in [1.29, 1.82) is 0 Å². The van der Waals surface area contributed by atoms with Gasteiger partial charge in [-0.25, -0.2) is 4.39 Å². The molecule has 1 atom stereocenters. The van der Waals surface area contributed by atoms with E-state index in [4.69, 9.17) is 4.74 Å². The lowest BCUT2D eigenvalue weighted by atomic mass is 10.1. The van der Waals surface area contributed by atoms with Crippen molar-refractivity contribution in [3.8, 4) is 0 Å². The quantitative estimate of drug-likeness (QED) is 0.749. The number of rotatable bonds is 5. The molecule has 3 nitrogen and oxygen atoms in total. The van der Waals surface area contributed by atoms with E-state index < -0.39 is 0 Å². The van der Waals surface area contributed by atoms with Crippen molar-refractivity contribution in [2.45, 2.75) is 12.5 Å². The van der Waals surface area contributed by atoms with Crippen LogP contribution in [0.2, 0.25) is 0 Å². The molecular formula is C13H19FN2O. The fourth-order valence-corrected chi connectivity index (χ4v) is 1.95. The Bertz CT molecular complexity index is 340. The summed E-state index contributed by atoms with van der Waals surface area (Å²) in [5.74, 6) is -0.117. The van der Waals surface area contributed by atoms with Gasteiger partial charge in [0.1, 0.15) is 5.82 Å². The Morgan fingerprint density at radius 3 is 3.06 bits per heavy atom. The van der Waals surface area contributed by atoms with Crippen LogP contribution in [0.25, 0.3) is 0 Å². The summed E-state index contributed by atoms with van der Waals surface area (Å²) in [7, 11) is 0. The van der Waals surface area contributed by atoms with Crippen molar-refractivity contribution >= 4 is 0 Å². The Morgan fingerprint density at radius 1 is 1.41 bits per heavy atom. The molecule has 1 saturated heterocycles. The number of morpholine rings is 1. The maximum Gasteiger partial charge on any atom is 0.126 e. The molecule has 1 aromatic rings. The van der Waals surface area contributed by atoms with E-state index in [2.05, 4.69) is 10.6 Å². The van der Waals surface area contributed by atoms with Crippen LogP contribution >= 0.6 is 0 Å². The number of halogens is 1. The average molecular weight is 238 g/mol. The Kier molecular flexibility index (Phi) is 4.91. The first-order chi connectivity index (χ1) is 8.36. The average Bonchev–Trinajstić information content (AvgIpc) is 2.38. The van der Waals surface area contributed by atoms with E-state index in [0.29, 0.717) is 6.04 Å². The largest absolute Gasteiger partial charge is 0.378 e. The highest BCUT2D eigenvalue weighted by molar-refractivity contribution is 5.17. The monoisotopic (exact) mass is 238 g/mol. The van der Waals surface area contributed by atoms with E-state index >= 15 is 0 Å². The molecule has 0 amide bonds. The molecule has 1 unspecified atom stereocenters. The van der Waals surface area contributed by atoms with Gasteiger partial charge in [-0.3, -0.25) is 0 Å². The molecule has 2 rings (SSSR count). The zero-order valence-corrected chi connectivity index (χ0v) is 9.92. The van der Waals surface area contributed by atoms with E-state index in [1.54, 1.807) is 6.07 Å². The SMILES string of the molecule is Fc1ccccc1CCNCC1COCCN1. The number of benzene rings is 1.